The minimum atomic E-state index is -1.20. The average Bonchev–Trinajstić information content (AvgIpc) is 2.69. The van der Waals surface area contributed by atoms with Crippen LogP contribution in [0.15, 0.2) is 36.7 Å². The molecular weight excluding hydrogens is 366 g/mol. The van der Waals surface area contributed by atoms with Crippen molar-refractivity contribution >= 4 is 28.4 Å². The van der Waals surface area contributed by atoms with Gasteiger partial charge in [0.15, 0.2) is 5.69 Å². The summed E-state index contributed by atoms with van der Waals surface area (Å²) in [7, 11) is -0.912. The van der Waals surface area contributed by atoms with E-state index in [1.54, 1.807) is 12.1 Å². The molecule has 7 nitrogen and oxygen atoms in total. The Hall–Kier alpha value is -2.61. The quantitative estimate of drug-likeness (QED) is 0.788. The SMILES string of the molecule is O=C(O)c1cnc(C(=O)Nc2cccc(CS(=O)C3CCCCC3)c2)cn1. The number of aromatic nitrogens is 2. The van der Waals surface area contributed by atoms with Gasteiger partial charge in [0.1, 0.15) is 5.69 Å². The van der Waals surface area contributed by atoms with E-state index in [4.69, 9.17) is 5.11 Å². The molecule has 0 bridgehead atoms. The average molecular weight is 387 g/mol. The van der Waals surface area contributed by atoms with E-state index in [0.717, 1.165) is 43.6 Å². The molecule has 1 amide bonds. The molecule has 0 radical (unpaired) electrons. The zero-order chi connectivity index (χ0) is 19.2. The molecule has 142 valence electrons. The second-order valence-electron chi connectivity index (χ2n) is 6.53. The highest BCUT2D eigenvalue weighted by Gasteiger charge is 2.20. The van der Waals surface area contributed by atoms with E-state index in [1.165, 1.54) is 6.42 Å². The van der Waals surface area contributed by atoms with Crippen molar-refractivity contribution in [2.75, 3.05) is 5.32 Å². The molecule has 8 heteroatoms. The van der Waals surface area contributed by atoms with Gasteiger partial charge in [0.25, 0.3) is 5.91 Å². The highest BCUT2D eigenvalue weighted by atomic mass is 32.2. The number of nitrogens with zero attached hydrogens (tertiary/aromatic N) is 2. The number of carboxylic acids is 1. The van der Waals surface area contributed by atoms with Crippen molar-refractivity contribution in [1.29, 1.82) is 0 Å². The summed E-state index contributed by atoms with van der Waals surface area (Å²) in [5.74, 6) is -1.21. The molecule has 1 unspecified atom stereocenters. The molecule has 1 aliphatic carbocycles. The van der Waals surface area contributed by atoms with Crippen molar-refractivity contribution in [1.82, 2.24) is 9.97 Å². The molecule has 2 N–H and O–H groups in total. The lowest BCUT2D eigenvalue weighted by atomic mass is 10.0. The second kappa shape index (κ2) is 8.85. The molecular formula is C19H21N3O4S. The number of aromatic carboxylic acids is 1. The fourth-order valence-electron chi connectivity index (χ4n) is 3.10. The molecule has 1 heterocycles. The number of nitrogens with one attached hydrogen (secondary N) is 1. The van der Waals surface area contributed by atoms with Crippen LogP contribution in [0.1, 0.15) is 58.6 Å². The number of amides is 1. The zero-order valence-electron chi connectivity index (χ0n) is 14.8. The third-order valence-electron chi connectivity index (χ3n) is 4.52. The Bertz CT molecular complexity index is 848. The van der Waals surface area contributed by atoms with Crippen LogP contribution < -0.4 is 5.32 Å². The molecule has 2 aromatic rings. The van der Waals surface area contributed by atoms with Crippen LogP contribution in [0.3, 0.4) is 0 Å². The number of benzene rings is 1. The normalized spacial score (nSPS) is 15.9. The molecule has 1 aromatic heterocycles. The minimum absolute atomic E-state index is 0.0242. The lowest BCUT2D eigenvalue weighted by molar-refractivity contribution is 0.0689. The van der Waals surface area contributed by atoms with Gasteiger partial charge in [-0.3, -0.25) is 9.00 Å². The van der Waals surface area contributed by atoms with Gasteiger partial charge in [-0.2, -0.15) is 0 Å². The number of carbonyl (C=O) groups excluding carboxylic acids is 1. The topological polar surface area (TPSA) is 109 Å². The molecule has 27 heavy (non-hydrogen) atoms. The Labute approximate surface area is 159 Å². The fraction of sp³-hybridized carbons (Fsp3) is 0.368. The van der Waals surface area contributed by atoms with Gasteiger partial charge in [0, 0.05) is 27.5 Å². The summed E-state index contributed by atoms with van der Waals surface area (Å²) in [6.45, 7) is 0. The van der Waals surface area contributed by atoms with Crippen LogP contribution in [-0.2, 0) is 16.6 Å². The van der Waals surface area contributed by atoms with E-state index in [2.05, 4.69) is 15.3 Å². The second-order valence-corrected chi connectivity index (χ2v) is 8.25. The van der Waals surface area contributed by atoms with Crippen LogP contribution in [0, 0.1) is 0 Å². The van der Waals surface area contributed by atoms with E-state index in [0.29, 0.717) is 11.4 Å². The van der Waals surface area contributed by atoms with Crippen LogP contribution >= 0.6 is 0 Å². The van der Waals surface area contributed by atoms with Gasteiger partial charge < -0.3 is 10.4 Å². The van der Waals surface area contributed by atoms with E-state index >= 15 is 0 Å². The maximum atomic E-state index is 12.6. The Morgan fingerprint density at radius 2 is 1.81 bits per heavy atom. The van der Waals surface area contributed by atoms with Gasteiger partial charge >= 0.3 is 5.97 Å². The van der Waals surface area contributed by atoms with Crippen molar-refractivity contribution in [2.45, 2.75) is 43.1 Å². The summed E-state index contributed by atoms with van der Waals surface area (Å²) >= 11 is 0. The third-order valence-corrected chi connectivity index (χ3v) is 6.35. The summed E-state index contributed by atoms with van der Waals surface area (Å²) in [6, 6.07) is 7.25. The van der Waals surface area contributed by atoms with E-state index in [1.807, 2.05) is 12.1 Å². The van der Waals surface area contributed by atoms with Gasteiger partial charge in [-0.1, -0.05) is 31.4 Å². The molecule has 1 aromatic carbocycles. The lowest BCUT2D eigenvalue weighted by Crippen LogP contribution is -2.20. The first kappa shape index (κ1) is 19.2. The summed E-state index contributed by atoms with van der Waals surface area (Å²) in [4.78, 5) is 30.6. The monoisotopic (exact) mass is 387 g/mol. The smallest absolute Gasteiger partial charge is 0.356 e. The molecule has 0 spiro atoms. The summed E-state index contributed by atoms with van der Waals surface area (Å²) in [5, 5.41) is 11.8. The van der Waals surface area contributed by atoms with E-state index in [9.17, 15) is 13.8 Å². The third kappa shape index (κ3) is 5.19. The highest BCUT2D eigenvalue weighted by molar-refractivity contribution is 7.84. The Kier molecular flexibility index (Phi) is 6.28. The number of carbonyl (C=O) groups is 2. The molecule has 1 fully saturated rings. The van der Waals surface area contributed by atoms with Crippen LogP contribution in [-0.4, -0.2) is 36.4 Å². The first-order valence-electron chi connectivity index (χ1n) is 8.86. The molecule has 1 saturated carbocycles. The molecule has 0 aliphatic heterocycles. The molecule has 0 saturated heterocycles. The zero-order valence-corrected chi connectivity index (χ0v) is 15.6. The van der Waals surface area contributed by atoms with E-state index < -0.39 is 22.7 Å². The maximum Gasteiger partial charge on any atom is 0.356 e. The van der Waals surface area contributed by atoms with Crippen LogP contribution in [0.2, 0.25) is 0 Å². The van der Waals surface area contributed by atoms with E-state index in [-0.39, 0.29) is 16.6 Å². The van der Waals surface area contributed by atoms with Crippen LogP contribution in [0.5, 0.6) is 0 Å². The minimum Gasteiger partial charge on any atom is -0.476 e. The summed E-state index contributed by atoms with van der Waals surface area (Å²) in [5.41, 5.74) is 1.28. The van der Waals surface area contributed by atoms with Gasteiger partial charge in [0.05, 0.1) is 12.4 Å². The van der Waals surface area contributed by atoms with Gasteiger partial charge in [-0.15, -0.1) is 0 Å². The number of hydrogen-bond acceptors (Lipinski definition) is 5. The Morgan fingerprint density at radius 1 is 1.11 bits per heavy atom. The number of anilines is 1. The maximum absolute atomic E-state index is 12.6. The number of rotatable bonds is 6. The van der Waals surface area contributed by atoms with Gasteiger partial charge in [0.2, 0.25) is 0 Å². The predicted octanol–water partition coefficient (Wildman–Crippen LogP) is 3.01. The van der Waals surface area contributed by atoms with Crippen LogP contribution in [0.25, 0.3) is 0 Å². The number of carboxylic acid groups (broad SMARTS) is 1. The standard InChI is InChI=1S/C19H21N3O4S/c23-18(16-10-21-17(11-20-16)19(24)25)22-14-6-4-5-13(9-14)12-27(26)15-7-2-1-3-8-15/h4-6,9-11,15H,1-3,7-8,12H2,(H,22,23)(H,24,25). The van der Waals surface area contributed by atoms with Crippen LogP contribution in [0.4, 0.5) is 5.69 Å². The van der Waals surface area contributed by atoms with Gasteiger partial charge in [-0.05, 0) is 30.5 Å². The lowest BCUT2D eigenvalue weighted by Gasteiger charge is -2.21. The molecule has 3 rings (SSSR count). The predicted molar refractivity (Wildman–Crippen MR) is 102 cm³/mol. The van der Waals surface area contributed by atoms with Gasteiger partial charge in [-0.25, -0.2) is 14.8 Å². The summed E-state index contributed by atoms with van der Waals surface area (Å²) in [6.07, 6.45) is 7.73. The number of hydrogen-bond donors (Lipinski definition) is 2. The van der Waals surface area contributed by atoms with Crippen molar-refractivity contribution in [3.05, 3.63) is 53.6 Å². The molecule has 1 aliphatic rings. The van der Waals surface area contributed by atoms with Crippen molar-refractivity contribution in [3.8, 4) is 0 Å². The van der Waals surface area contributed by atoms with Crippen molar-refractivity contribution < 1.29 is 18.9 Å². The largest absolute Gasteiger partial charge is 0.476 e. The summed E-state index contributed by atoms with van der Waals surface area (Å²) < 4.78 is 12.6. The van der Waals surface area contributed by atoms with Crippen molar-refractivity contribution in [3.63, 3.8) is 0 Å². The highest BCUT2D eigenvalue weighted by Crippen LogP contribution is 2.24. The first-order chi connectivity index (χ1) is 13.0. The fourth-order valence-corrected chi connectivity index (χ4v) is 4.70. The Morgan fingerprint density at radius 3 is 2.48 bits per heavy atom. The Balaban J connectivity index is 1.63. The first-order valence-corrected chi connectivity index (χ1v) is 10.2. The molecule has 1 atom stereocenters. The van der Waals surface area contributed by atoms with Crippen molar-refractivity contribution in [2.24, 2.45) is 0 Å².